The van der Waals surface area contributed by atoms with Gasteiger partial charge in [0.25, 0.3) is 11.8 Å². The van der Waals surface area contributed by atoms with Gasteiger partial charge in [0, 0.05) is 42.9 Å². The quantitative estimate of drug-likeness (QED) is 0.595. The van der Waals surface area contributed by atoms with Gasteiger partial charge in [-0.1, -0.05) is 54.1 Å². The van der Waals surface area contributed by atoms with Crippen molar-refractivity contribution in [2.75, 3.05) is 0 Å². The summed E-state index contributed by atoms with van der Waals surface area (Å²) in [6.45, 7) is 4.19. The highest BCUT2D eigenvalue weighted by Gasteiger charge is 2.29. The number of hydrogen-bond donors (Lipinski definition) is 0. The van der Waals surface area contributed by atoms with Crippen molar-refractivity contribution in [1.82, 2.24) is 9.80 Å². The third kappa shape index (κ3) is 3.52. The molecule has 31 heavy (non-hydrogen) atoms. The van der Waals surface area contributed by atoms with Crippen LogP contribution in [0.2, 0.25) is 0 Å². The molecule has 2 heterocycles. The van der Waals surface area contributed by atoms with Crippen LogP contribution in [-0.4, -0.2) is 27.9 Å². The van der Waals surface area contributed by atoms with Gasteiger partial charge in [-0.25, -0.2) is 0 Å². The molecule has 0 aliphatic carbocycles. The van der Waals surface area contributed by atoms with Gasteiger partial charge in [0.1, 0.15) is 6.29 Å². The highest BCUT2D eigenvalue weighted by Crippen LogP contribution is 2.27. The number of carbonyl (C=O) groups excluding carboxylic acids is 3. The van der Waals surface area contributed by atoms with Crippen LogP contribution in [0.15, 0.2) is 60.7 Å². The molecule has 2 amide bonds. The zero-order valence-electron chi connectivity index (χ0n) is 17.3. The van der Waals surface area contributed by atoms with Crippen molar-refractivity contribution in [3.63, 3.8) is 0 Å². The van der Waals surface area contributed by atoms with Gasteiger partial charge in [-0.3, -0.25) is 14.4 Å². The van der Waals surface area contributed by atoms with E-state index in [1.165, 1.54) is 0 Å². The molecule has 3 aromatic carbocycles. The topological polar surface area (TPSA) is 57.7 Å². The van der Waals surface area contributed by atoms with E-state index in [0.717, 1.165) is 39.7 Å². The predicted molar refractivity (Wildman–Crippen MR) is 117 cm³/mol. The Labute approximate surface area is 180 Å². The smallest absolute Gasteiger partial charge is 0.254 e. The zero-order valence-corrected chi connectivity index (χ0v) is 17.3. The van der Waals surface area contributed by atoms with Gasteiger partial charge in [0.05, 0.1) is 0 Å². The first-order valence-corrected chi connectivity index (χ1v) is 10.4. The summed E-state index contributed by atoms with van der Waals surface area (Å²) in [5.74, 6) is 0.0184. The summed E-state index contributed by atoms with van der Waals surface area (Å²) in [5, 5.41) is 0. The van der Waals surface area contributed by atoms with Crippen molar-refractivity contribution in [1.29, 1.82) is 0 Å². The van der Waals surface area contributed by atoms with E-state index in [1.54, 1.807) is 17.0 Å². The van der Waals surface area contributed by atoms with E-state index >= 15 is 0 Å². The summed E-state index contributed by atoms with van der Waals surface area (Å²) in [4.78, 5) is 40.2. The number of hydrogen-bond acceptors (Lipinski definition) is 3. The van der Waals surface area contributed by atoms with Crippen molar-refractivity contribution < 1.29 is 14.4 Å². The van der Waals surface area contributed by atoms with Gasteiger partial charge < -0.3 is 9.80 Å². The van der Waals surface area contributed by atoms with Crippen molar-refractivity contribution >= 4 is 18.1 Å². The first-order valence-electron chi connectivity index (χ1n) is 10.4. The molecule has 0 atom stereocenters. The Balaban J connectivity index is 1.30. The Kier molecular flexibility index (Phi) is 4.66. The van der Waals surface area contributed by atoms with Gasteiger partial charge in [0.15, 0.2) is 0 Å². The number of aldehydes is 1. The van der Waals surface area contributed by atoms with Crippen molar-refractivity contribution in [2.45, 2.75) is 33.1 Å². The second-order valence-electron chi connectivity index (χ2n) is 8.34. The minimum Gasteiger partial charge on any atom is -0.330 e. The lowest BCUT2D eigenvalue weighted by Crippen LogP contribution is -2.24. The van der Waals surface area contributed by atoms with E-state index in [-0.39, 0.29) is 11.8 Å². The van der Waals surface area contributed by atoms with E-state index in [2.05, 4.69) is 6.07 Å². The van der Waals surface area contributed by atoms with Crippen molar-refractivity contribution in [3.05, 3.63) is 105 Å². The van der Waals surface area contributed by atoms with Crippen LogP contribution < -0.4 is 0 Å². The second-order valence-corrected chi connectivity index (χ2v) is 8.34. The van der Waals surface area contributed by atoms with Crippen LogP contribution in [-0.2, 0) is 26.2 Å². The van der Waals surface area contributed by atoms with Crippen LogP contribution in [0, 0.1) is 6.92 Å². The highest BCUT2D eigenvalue weighted by molar-refractivity contribution is 6.00. The molecule has 0 radical (unpaired) electrons. The van der Waals surface area contributed by atoms with E-state index in [1.807, 2.05) is 54.3 Å². The average Bonchev–Trinajstić information content (AvgIpc) is 3.24. The average molecular weight is 410 g/mol. The zero-order chi connectivity index (χ0) is 21.5. The minimum atomic E-state index is -0.0513. The Morgan fingerprint density at radius 1 is 0.774 bits per heavy atom. The second kappa shape index (κ2) is 7.51. The number of amides is 2. The first-order chi connectivity index (χ1) is 15.0. The van der Waals surface area contributed by atoms with Crippen LogP contribution in [0.25, 0.3) is 0 Å². The Bertz CT molecular complexity index is 1230. The first kappa shape index (κ1) is 19.2. The maximum absolute atomic E-state index is 12.8. The molecule has 5 nitrogen and oxygen atoms in total. The van der Waals surface area contributed by atoms with Gasteiger partial charge in [0.2, 0.25) is 0 Å². The molecule has 2 aliphatic heterocycles. The van der Waals surface area contributed by atoms with Crippen LogP contribution in [0.3, 0.4) is 0 Å². The summed E-state index contributed by atoms with van der Waals surface area (Å²) in [6.07, 6.45) is 0.763. The third-order valence-electron chi connectivity index (χ3n) is 6.03. The van der Waals surface area contributed by atoms with Crippen molar-refractivity contribution in [3.8, 4) is 0 Å². The molecular formula is C26H22N2O3. The summed E-state index contributed by atoms with van der Waals surface area (Å²) < 4.78 is 0. The molecule has 5 rings (SSSR count). The number of fused-ring (bicyclic) bond motifs is 2. The Morgan fingerprint density at radius 3 is 1.97 bits per heavy atom. The molecule has 0 fully saturated rings. The maximum atomic E-state index is 12.8. The number of carbonyl (C=O) groups is 3. The molecule has 154 valence electrons. The molecule has 5 heteroatoms. The largest absolute Gasteiger partial charge is 0.330 e. The molecular weight excluding hydrogens is 388 g/mol. The lowest BCUT2D eigenvalue weighted by Gasteiger charge is -2.18. The normalized spacial score (nSPS) is 14.7. The van der Waals surface area contributed by atoms with E-state index in [4.69, 9.17) is 0 Å². The van der Waals surface area contributed by atoms with Gasteiger partial charge in [-0.05, 0) is 41.3 Å². The SMILES string of the molecule is Cc1ccc2c(c1)C(=O)N(Cc1cccc(CN3Cc4ccc(C=O)cc4C3=O)c1)C2. The van der Waals surface area contributed by atoms with Crippen LogP contribution in [0.4, 0.5) is 0 Å². The van der Waals surface area contributed by atoms with E-state index in [9.17, 15) is 14.4 Å². The highest BCUT2D eigenvalue weighted by atomic mass is 16.2. The molecule has 0 unspecified atom stereocenters. The molecule has 0 aromatic heterocycles. The molecule has 0 N–H and O–H groups in total. The van der Waals surface area contributed by atoms with Gasteiger partial charge in [-0.2, -0.15) is 0 Å². The number of nitrogens with zero attached hydrogens (tertiary/aromatic N) is 2. The standard InChI is InChI=1S/C26H22N2O3/c1-17-5-7-21-14-27(25(30)23(21)9-17)12-18-3-2-4-19(10-18)13-28-15-22-8-6-20(16-29)11-24(22)26(28)31/h2-11,16H,12-15H2,1H3. The van der Waals surface area contributed by atoms with Crippen LogP contribution in [0.1, 0.15) is 58.9 Å². The number of rotatable bonds is 5. The fraction of sp³-hybridized carbons (Fsp3) is 0.192. The molecule has 3 aromatic rings. The monoisotopic (exact) mass is 410 g/mol. The number of aryl methyl sites for hydroxylation is 1. The van der Waals surface area contributed by atoms with Crippen molar-refractivity contribution in [2.24, 2.45) is 0 Å². The van der Waals surface area contributed by atoms with Gasteiger partial charge >= 0.3 is 0 Å². The lowest BCUT2D eigenvalue weighted by atomic mass is 10.1. The summed E-state index contributed by atoms with van der Waals surface area (Å²) in [6, 6.07) is 19.4. The maximum Gasteiger partial charge on any atom is 0.254 e. The molecule has 0 spiro atoms. The summed E-state index contributed by atoms with van der Waals surface area (Å²) in [7, 11) is 0. The molecule has 0 saturated heterocycles. The fourth-order valence-corrected chi connectivity index (χ4v) is 4.45. The third-order valence-corrected chi connectivity index (χ3v) is 6.03. The Hall–Kier alpha value is -3.73. The molecule has 0 bridgehead atoms. The Morgan fingerprint density at radius 2 is 1.35 bits per heavy atom. The summed E-state index contributed by atoms with van der Waals surface area (Å²) >= 11 is 0. The lowest BCUT2D eigenvalue weighted by molar-refractivity contribution is 0.0762. The molecule has 2 aliphatic rings. The fourth-order valence-electron chi connectivity index (χ4n) is 4.45. The summed E-state index contributed by atoms with van der Waals surface area (Å²) in [5.41, 5.74) is 7.10. The van der Waals surface area contributed by atoms with Crippen LogP contribution in [0.5, 0.6) is 0 Å². The van der Waals surface area contributed by atoms with Gasteiger partial charge in [-0.15, -0.1) is 0 Å². The predicted octanol–water partition coefficient (Wildman–Crippen LogP) is 4.12. The minimum absolute atomic E-state index is 0.0513. The number of benzene rings is 3. The molecule has 0 saturated carbocycles. The van der Waals surface area contributed by atoms with Crippen LogP contribution >= 0.6 is 0 Å². The van der Waals surface area contributed by atoms with E-state index in [0.29, 0.717) is 37.3 Å². The van der Waals surface area contributed by atoms with E-state index < -0.39 is 0 Å².